The maximum absolute atomic E-state index is 13.8. The van der Waals surface area contributed by atoms with E-state index in [0.717, 1.165) is 36.2 Å². The second-order valence-corrected chi connectivity index (χ2v) is 7.24. The molecule has 0 spiro atoms. The number of fused-ring (bicyclic) bond motifs is 1. The second-order valence-electron chi connectivity index (χ2n) is 7.24. The van der Waals surface area contributed by atoms with Gasteiger partial charge in [-0.1, -0.05) is 12.2 Å². The molecule has 0 aliphatic heterocycles. The van der Waals surface area contributed by atoms with E-state index in [1.807, 2.05) is 0 Å². The van der Waals surface area contributed by atoms with Crippen molar-refractivity contribution in [2.24, 2.45) is 17.8 Å². The fourth-order valence-corrected chi connectivity index (χ4v) is 4.58. The van der Waals surface area contributed by atoms with Gasteiger partial charge in [0.05, 0.1) is 0 Å². The minimum absolute atomic E-state index is 0.143. The van der Waals surface area contributed by atoms with Crippen molar-refractivity contribution in [3.05, 3.63) is 47.0 Å². The van der Waals surface area contributed by atoms with Crippen molar-refractivity contribution in [1.29, 1.82) is 0 Å². The van der Waals surface area contributed by atoms with Crippen LogP contribution in [-0.4, -0.2) is 0 Å². The lowest BCUT2D eigenvalue weighted by Gasteiger charge is -2.41. The summed E-state index contributed by atoms with van der Waals surface area (Å²) < 4.78 is 27.6. The van der Waals surface area contributed by atoms with Crippen LogP contribution in [-0.2, 0) is 0 Å². The van der Waals surface area contributed by atoms with Crippen molar-refractivity contribution in [2.75, 3.05) is 0 Å². The summed E-state index contributed by atoms with van der Waals surface area (Å²) in [5.74, 6) is 1.85. The highest BCUT2D eigenvalue weighted by Gasteiger charge is 2.35. The number of hydrogen-bond acceptors (Lipinski definition) is 0. The molecule has 0 nitrogen and oxygen atoms in total. The third-order valence-corrected chi connectivity index (χ3v) is 5.89. The Morgan fingerprint density at radius 3 is 2.27 bits per heavy atom. The van der Waals surface area contributed by atoms with Crippen LogP contribution in [0, 0.1) is 36.3 Å². The fraction of sp³-hybridized carbons (Fsp3) is 0.600. The van der Waals surface area contributed by atoms with E-state index in [2.05, 4.69) is 19.1 Å². The van der Waals surface area contributed by atoms with Gasteiger partial charge in [0.2, 0.25) is 0 Å². The number of allylic oxidation sites excluding steroid dienone is 2. The summed E-state index contributed by atoms with van der Waals surface area (Å²) in [6, 6.07) is 3.13. The average Bonchev–Trinajstić information content (AvgIpc) is 2.52. The summed E-state index contributed by atoms with van der Waals surface area (Å²) in [7, 11) is 0. The molecule has 0 N–H and O–H groups in total. The molecule has 4 unspecified atom stereocenters. The van der Waals surface area contributed by atoms with Gasteiger partial charge in [0.25, 0.3) is 0 Å². The molecule has 4 atom stereocenters. The Morgan fingerprint density at radius 2 is 1.59 bits per heavy atom. The third-order valence-electron chi connectivity index (χ3n) is 5.89. The Kier molecular flexibility index (Phi) is 4.65. The molecule has 1 aromatic rings. The van der Waals surface area contributed by atoms with Crippen LogP contribution in [0.1, 0.15) is 62.5 Å². The van der Waals surface area contributed by atoms with E-state index < -0.39 is 11.6 Å². The van der Waals surface area contributed by atoms with E-state index >= 15 is 0 Å². The van der Waals surface area contributed by atoms with Crippen molar-refractivity contribution in [1.82, 2.24) is 0 Å². The summed E-state index contributed by atoms with van der Waals surface area (Å²) in [4.78, 5) is 0. The van der Waals surface area contributed by atoms with Gasteiger partial charge in [0.15, 0.2) is 0 Å². The molecule has 3 rings (SSSR count). The maximum atomic E-state index is 13.8. The molecular weight excluding hydrogens is 278 g/mol. The lowest BCUT2D eigenvalue weighted by Crippen LogP contribution is -2.30. The lowest BCUT2D eigenvalue weighted by atomic mass is 9.64. The van der Waals surface area contributed by atoms with E-state index in [-0.39, 0.29) is 5.56 Å². The van der Waals surface area contributed by atoms with Crippen LogP contribution in [0.2, 0.25) is 0 Å². The van der Waals surface area contributed by atoms with Crippen molar-refractivity contribution in [3.8, 4) is 0 Å². The SMILES string of the molecule is C/C=C/C1CCC2CC(c3cc(F)c(C)c(F)c3)CCC2C1. The topological polar surface area (TPSA) is 0 Å². The van der Waals surface area contributed by atoms with Gasteiger partial charge in [-0.15, -0.1) is 0 Å². The maximum Gasteiger partial charge on any atom is 0.129 e. The summed E-state index contributed by atoms with van der Waals surface area (Å²) in [6.45, 7) is 3.61. The van der Waals surface area contributed by atoms with Crippen LogP contribution in [0.15, 0.2) is 24.3 Å². The van der Waals surface area contributed by atoms with Gasteiger partial charge in [0, 0.05) is 5.56 Å². The summed E-state index contributed by atoms with van der Waals surface area (Å²) in [5.41, 5.74) is 1.01. The second kappa shape index (κ2) is 6.52. The van der Waals surface area contributed by atoms with E-state index in [4.69, 9.17) is 0 Å². The molecule has 0 saturated heterocycles. The van der Waals surface area contributed by atoms with E-state index in [1.165, 1.54) is 32.6 Å². The highest BCUT2D eigenvalue weighted by Crippen LogP contribution is 2.48. The normalized spacial score (nSPS) is 32.2. The van der Waals surface area contributed by atoms with Gasteiger partial charge in [-0.3, -0.25) is 0 Å². The molecule has 2 fully saturated rings. The van der Waals surface area contributed by atoms with Crippen LogP contribution in [0.4, 0.5) is 8.78 Å². The van der Waals surface area contributed by atoms with Crippen LogP contribution in [0.3, 0.4) is 0 Å². The molecule has 2 saturated carbocycles. The molecule has 0 heterocycles. The zero-order chi connectivity index (χ0) is 15.7. The van der Waals surface area contributed by atoms with Crippen molar-refractivity contribution in [2.45, 2.75) is 58.3 Å². The molecule has 2 aliphatic rings. The van der Waals surface area contributed by atoms with Crippen LogP contribution < -0.4 is 0 Å². The Balaban J connectivity index is 1.70. The first kappa shape index (κ1) is 15.7. The Bertz CT molecular complexity index is 538. The molecule has 120 valence electrons. The fourth-order valence-electron chi connectivity index (χ4n) is 4.58. The standard InChI is InChI=1S/C20H26F2/c1-3-4-14-5-6-16-10-17(8-7-15(16)9-14)18-11-19(21)13(2)20(22)12-18/h3-4,11-12,14-17H,5-10H2,1-2H3/b4-3+. The summed E-state index contributed by atoms with van der Waals surface area (Å²) >= 11 is 0. The Labute approximate surface area is 132 Å². The highest BCUT2D eigenvalue weighted by molar-refractivity contribution is 5.28. The van der Waals surface area contributed by atoms with Gasteiger partial charge >= 0.3 is 0 Å². The molecule has 0 amide bonds. The predicted octanol–water partition coefficient (Wildman–Crippen LogP) is 6.15. The minimum atomic E-state index is -0.395. The van der Waals surface area contributed by atoms with Gasteiger partial charge in [-0.25, -0.2) is 8.78 Å². The first-order chi connectivity index (χ1) is 10.6. The summed E-state index contributed by atoms with van der Waals surface area (Å²) in [5, 5.41) is 0. The van der Waals surface area contributed by atoms with Crippen LogP contribution in [0.25, 0.3) is 0 Å². The highest BCUT2D eigenvalue weighted by atomic mass is 19.1. The van der Waals surface area contributed by atoms with E-state index in [0.29, 0.717) is 5.92 Å². The zero-order valence-electron chi connectivity index (χ0n) is 13.6. The van der Waals surface area contributed by atoms with Gasteiger partial charge in [-0.2, -0.15) is 0 Å². The smallest absolute Gasteiger partial charge is 0.129 e. The molecule has 0 aromatic heterocycles. The third kappa shape index (κ3) is 3.11. The van der Waals surface area contributed by atoms with Crippen molar-refractivity contribution >= 4 is 0 Å². The Morgan fingerprint density at radius 1 is 0.955 bits per heavy atom. The van der Waals surface area contributed by atoms with Crippen LogP contribution in [0.5, 0.6) is 0 Å². The number of halogens is 2. The summed E-state index contributed by atoms with van der Waals surface area (Å²) in [6.07, 6.45) is 11.8. The lowest BCUT2D eigenvalue weighted by molar-refractivity contribution is 0.133. The molecule has 0 bridgehead atoms. The zero-order valence-corrected chi connectivity index (χ0v) is 13.6. The number of hydrogen-bond donors (Lipinski definition) is 0. The van der Waals surface area contributed by atoms with Crippen LogP contribution >= 0.6 is 0 Å². The van der Waals surface area contributed by atoms with Gasteiger partial charge < -0.3 is 0 Å². The molecular formula is C20H26F2. The largest absolute Gasteiger partial charge is 0.207 e. The van der Waals surface area contributed by atoms with Crippen molar-refractivity contribution in [3.63, 3.8) is 0 Å². The molecule has 2 heteroatoms. The average molecular weight is 304 g/mol. The molecule has 2 aliphatic carbocycles. The molecule has 22 heavy (non-hydrogen) atoms. The monoisotopic (exact) mass is 304 g/mol. The first-order valence-electron chi connectivity index (χ1n) is 8.66. The van der Waals surface area contributed by atoms with E-state index in [1.54, 1.807) is 12.1 Å². The minimum Gasteiger partial charge on any atom is -0.207 e. The van der Waals surface area contributed by atoms with Crippen molar-refractivity contribution < 1.29 is 8.78 Å². The quantitative estimate of drug-likeness (QED) is 0.575. The number of benzene rings is 1. The molecule has 0 radical (unpaired) electrons. The Hall–Kier alpha value is -1.18. The van der Waals surface area contributed by atoms with E-state index in [9.17, 15) is 8.78 Å². The first-order valence-corrected chi connectivity index (χ1v) is 8.66. The van der Waals surface area contributed by atoms with Gasteiger partial charge in [0.1, 0.15) is 11.6 Å². The predicted molar refractivity (Wildman–Crippen MR) is 86.8 cm³/mol. The number of rotatable bonds is 2. The molecule has 1 aromatic carbocycles. The van der Waals surface area contributed by atoms with Gasteiger partial charge in [-0.05, 0) is 93.7 Å².